The monoisotopic (exact) mass is 325 g/mol. The number of esters is 2. The van der Waals surface area contributed by atoms with Crippen LogP contribution >= 0.6 is 11.8 Å². The summed E-state index contributed by atoms with van der Waals surface area (Å²) in [5.74, 6) is 0.280. The van der Waals surface area contributed by atoms with E-state index in [0.717, 1.165) is 30.0 Å². The van der Waals surface area contributed by atoms with E-state index >= 15 is 0 Å². The smallest absolute Gasteiger partial charge is 0.319 e. The van der Waals surface area contributed by atoms with Gasteiger partial charge in [0.25, 0.3) is 0 Å². The van der Waals surface area contributed by atoms with E-state index in [1.807, 2.05) is 0 Å². The van der Waals surface area contributed by atoms with Crippen molar-refractivity contribution in [3.8, 4) is 0 Å². The molecule has 6 heteroatoms. The van der Waals surface area contributed by atoms with Gasteiger partial charge in [0.05, 0.1) is 26.7 Å². The van der Waals surface area contributed by atoms with E-state index in [2.05, 4.69) is 18.7 Å². The van der Waals surface area contributed by atoms with Crippen LogP contribution in [0, 0.1) is 10.8 Å². The van der Waals surface area contributed by atoms with Crippen LogP contribution in [0.3, 0.4) is 0 Å². The van der Waals surface area contributed by atoms with E-state index in [4.69, 9.17) is 9.47 Å². The minimum atomic E-state index is -0.883. The zero-order chi connectivity index (χ0) is 16.1. The summed E-state index contributed by atoms with van der Waals surface area (Å²) in [6.07, 6.45) is 2.02. The maximum absolute atomic E-state index is 12.8. The highest BCUT2D eigenvalue weighted by atomic mass is 32.2. The quantitative estimate of drug-likeness (QED) is 0.741. The molecule has 0 N–H and O–H groups in total. The molecule has 0 bridgehead atoms. The second-order valence-electron chi connectivity index (χ2n) is 6.92. The van der Waals surface area contributed by atoms with Crippen LogP contribution in [0.25, 0.3) is 0 Å². The Morgan fingerprint density at radius 1 is 1.32 bits per heavy atom. The number of thioether (sulfide) groups is 1. The van der Waals surface area contributed by atoms with Gasteiger partial charge in [0, 0.05) is 28.3 Å². The Hall–Kier alpha value is -1.17. The zero-order valence-corrected chi connectivity index (χ0v) is 14.4. The Labute approximate surface area is 135 Å². The van der Waals surface area contributed by atoms with Gasteiger partial charge in [-0.15, -0.1) is 11.8 Å². The van der Waals surface area contributed by atoms with E-state index in [-0.39, 0.29) is 29.8 Å². The SMILES string of the molecule is COC(=O)CC1(C(=O)OC)C2=C(N3CCCC31)C(C)(C)CS2. The van der Waals surface area contributed by atoms with E-state index in [1.165, 1.54) is 19.9 Å². The fourth-order valence-electron chi connectivity index (χ4n) is 4.23. The molecular weight excluding hydrogens is 302 g/mol. The number of rotatable bonds is 3. The first-order chi connectivity index (χ1) is 10.4. The van der Waals surface area contributed by atoms with E-state index in [1.54, 1.807) is 11.8 Å². The van der Waals surface area contributed by atoms with Gasteiger partial charge in [0.2, 0.25) is 0 Å². The molecule has 1 fully saturated rings. The maximum atomic E-state index is 12.8. The highest BCUT2D eigenvalue weighted by Gasteiger charge is 2.64. The lowest BCUT2D eigenvalue weighted by molar-refractivity contribution is -0.158. The lowest BCUT2D eigenvalue weighted by atomic mass is 9.76. The molecule has 122 valence electrons. The highest BCUT2D eigenvalue weighted by Crippen LogP contribution is 2.63. The molecule has 0 radical (unpaired) electrons. The molecule has 2 atom stereocenters. The van der Waals surface area contributed by atoms with Gasteiger partial charge in [-0.3, -0.25) is 9.59 Å². The van der Waals surface area contributed by atoms with Crippen molar-refractivity contribution in [1.82, 2.24) is 4.90 Å². The maximum Gasteiger partial charge on any atom is 0.319 e. The van der Waals surface area contributed by atoms with Crippen molar-refractivity contribution in [2.75, 3.05) is 26.5 Å². The van der Waals surface area contributed by atoms with E-state index in [9.17, 15) is 9.59 Å². The van der Waals surface area contributed by atoms with Crippen LogP contribution in [0.2, 0.25) is 0 Å². The van der Waals surface area contributed by atoms with Crippen LogP contribution in [-0.2, 0) is 19.1 Å². The van der Waals surface area contributed by atoms with Gasteiger partial charge in [-0.05, 0) is 12.8 Å². The van der Waals surface area contributed by atoms with Gasteiger partial charge in [0.15, 0.2) is 0 Å². The summed E-state index contributed by atoms with van der Waals surface area (Å²) in [6.45, 7) is 5.37. The minimum Gasteiger partial charge on any atom is -0.469 e. The molecule has 2 unspecified atom stereocenters. The standard InChI is InChI=1S/C16H23NO4S/c1-15(2)9-22-13-12(15)17-7-5-6-10(17)16(13,14(19)21-4)8-11(18)20-3/h10H,5-9H2,1-4H3. The third-order valence-corrected chi connectivity index (χ3v) is 6.86. The number of hydrogen-bond donors (Lipinski definition) is 0. The number of carbonyl (C=O) groups is 2. The Balaban J connectivity index is 2.15. The second-order valence-corrected chi connectivity index (χ2v) is 7.90. The molecule has 0 amide bonds. The Morgan fingerprint density at radius 3 is 2.68 bits per heavy atom. The van der Waals surface area contributed by atoms with Gasteiger partial charge in [-0.2, -0.15) is 0 Å². The molecule has 0 aromatic heterocycles. The number of methoxy groups -OCH3 is 2. The van der Waals surface area contributed by atoms with Crippen molar-refractivity contribution < 1.29 is 19.1 Å². The summed E-state index contributed by atoms with van der Waals surface area (Å²) in [4.78, 5) is 28.2. The van der Waals surface area contributed by atoms with Gasteiger partial charge < -0.3 is 14.4 Å². The molecule has 1 saturated heterocycles. The third-order valence-electron chi connectivity index (χ3n) is 5.15. The molecule has 22 heavy (non-hydrogen) atoms. The number of hydrogen-bond acceptors (Lipinski definition) is 6. The number of fused-ring (bicyclic) bond motifs is 2. The first-order valence-corrected chi connectivity index (χ1v) is 8.67. The van der Waals surface area contributed by atoms with E-state index in [0.29, 0.717) is 0 Å². The van der Waals surface area contributed by atoms with Crippen molar-refractivity contribution in [2.24, 2.45) is 10.8 Å². The Morgan fingerprint density at radius 2 is 2.05 bits per heavy atom. The minimum absolute atomic E-state index is 0.0223. The second kappa shape index (κ2) is 5.18. The predicted octanol–water partition coefficient (Wildman–Crippen LogP) is 2.17. The summed E-state index contributed by atoms with van der Waals surface area (Å²) < 4.78 is 10.0. The molecule has 0 saturated carbocycles. The lowest BCUT2D eigenvalue weighted by Gasteiger charge is -2.37. The van der Waals surface area contributed by atoms with Crippen LogP contribution in [0.5, 0.6) is 0 Å². The average molecular weight is 325 g/mol. The molecule has 3 heterocycles. The molecule has 0 spiro atoms. The van der Waals surface area contributed by atoms with Crippen molar-refractivity contribution in [1.29, 1.82) is 0 Å². The molecule has 3 aliphatic rings. The summed E-state index contributed by atoms with van der Waals surface area (Å²) in [5.41, 5.74) is 0.384. The van der Waals surface area contributed by atoms with Crippen molar-refractivity contribution in [3.05, 3.63) is 10.6 Å². The van der Waals surface area contributed by atoms with Gasteiger partial charge >= 0.3 is 11.9 Å². The van der Waals surface area contributed by atoms with Crippen LogP contribution in [-0.4, -0.2) is 49.4 Å². The van der Waals surface area contributed by atoms with Crippen molar-refractivity contribution in [2.45, 2.75) is 39.2 Å². The lowest BCUT2D eigenvalue weighted by Crippen LogP contribution is -2.47. The van der Waals surface area contributed by atoms with Crippen molar-refractivity contribution in [3.63, 3.8) is 0 Å². The number of carbonyl (C=O) groups excluding carboxylic acids is 2. The predicted molar refractivity (Wildman–Crippen MR) is 84.1 cm³/mol. The molecule has 0 aliphatic carbocycles. The molecule has 0 aromatic rings. The Kier molecular flexibility index (Phi) is 3.70. The summed E-state index contributed by atoms with van der Waals surface area (Å²) in [5, 5.41) is 0. The third kappa shape index (κ3) is 1.92. The number of allylic oxidation sites excluding steroid dienone is 1. The first kappa shape index (κ1) is 15.7. The fourth-order valence-corrected chi connectivity index (χ4v) is 5.96. The van der Waals surface area contributed by atoms with Gasteiger partial charge in [-0.25, -0.2) is 0 Å². The number of ether oxygens (including phenoxy) is 2. The molecule has 0 aromatic carbocycles. The summed E-state index contributed by atoms with van der Waals surface area (Å²) in [7, 11) is 2.78. The molecule has 3 aliphatic heterocycles. The molecule has 3 rings (SSSR count). The number of nitrogens with zero attached hydrogens (tertiary/aromatic N) is 1. The summed E-state index contributed by atoms with van der Waals surface area (Å²) in [6, 6.07) is 0.0242. The zero-order valence-electron chi connectivity index (χ0n) is 13.6. The van der Waals surface area contributed by atoms with Crippen LogP contribution in [0.1, 0.15) is 33.1 Å². The topological polar surface area (TPSA) is 55.8 Å². The largest absolute Gasteiger partial charge is 0.469 e. The van der Waals surface area contributed by atoms with Crippen molar-refractivity contribution >= 4 is 23.7 Å². The fraction of sp³-hybridized carbons (Fsp3) is 0.750. The van der Waals surface area contributed by atoms with Gasteiger partial charge in [-0.1, -0.05) is 13.8 Å². The van der Waals surface area contributed by atoms with Crippen LogP contribution < -0.4 is 0 Å². The van der Waals surface area contributed by atoms with Gasteiger partial charge in [0.1, 0.15) is 5.41 Å². The van der Waals surface area contributed by atoms with E-state index < -0.39 is 5.41 Å². The normalized spacial score (nSPS) is 32.0. The Bertz CT molecular complexity index is 556. The molecule has 5 nitrogen and oxygen atoms in total. The van der Waals surface area contributed by atoms with Crippen LogP contribution in [0.4, 0.5) is 0 Å². The average Bonchev–Trinajstić information content (AvgIpc) is 3.12. The highest BCUT2D eigenvalue weighted by molar-refractivity contribution is 8.03. The molecular formula is C16H23NO4S. The summed E-state index contributed by atoms with van der Waals surface area (Å²) >= 11 is 1.71. The van der Waals surface area contributed by atoms with Crippen LogP contribution in [0.15, 0.2) is 10.6 Å². The first-order valence-electron chi connectivity index (χ1n) is 7.68.